The zero-order valence-corrected chi connectivity index (χ0v) is 18.4. The van der Waals surface area contributed by atoms with E-state index in [4.69, 9.17) is 4.74 Å². The minimum atomic E-state index is -2.96. The van der Waals surface area contributed by atoms with E-state index in [2.05, 4.69) is 34.7 Å². The average Bonchev–Trinajstić information content (AvgIpc) is 2.54. The van der Waals surface area contributed by atoms with Gasteiger partial charge in [0.25, 0.3) is 0 Å². The summed E-state index contributed by atoms with van der Waals surface area (Å²) in [7, 11) is -2.96. The molecule has 8 heteroatoms. The fraction of sp³-hybridized carbons (Fsp3) is 0.588. The van der Waals surface area contributed by atoms with E-state index in [0.29, 0.717) is 19.7 Å². The van der Waals surface area contributed by atoms with Crippen molar-refractivity contribution in [2.24, 2.45) is 4.99 Å². The van der Waals surface area contributed by atoms with E-state index in [1.807, 2.05) is 19.1 Å². The highest BCUT2D eigenvalue weighted by Crippen LogP contribution is 2.10. The number of rotatable bonds is 10. The van der Waals surface area contributed by atoms with Crippen molar-refractivity contribution >= 4 is 39.8 Å². The lowest BCUT2D eigenvalue weighted by Gasteiger charge is -2.12. The van der Waals surface area contributed by atoms with E-state index in [1.165, 1.54) is 17.4 Å². The third-order valence-corrected chi connectivity index (χ3v) is 4.30. The molecule has 0 aliphatic rings. The Labute approximate surface area is 168 Å². The Balaban J connectivity index is 0.00000576. The van der Waals surface area contributed by atoms with E-state index in [9.17, 15) is 8.42 Å². The molecule has 0 fully saturated rings. The molecule has 0 saturated heterocycles. The van der Waals surface area contributed by atoms with Crippen LogP contribution in [0.3, 0.4) is 0 Å². The third-order valence-electron chi connectivity index (χ3n) is 3.39. The number of nitrogens with one attached hydrogen (secondary N) is 2. The quantitative estimate of drug-likeness (QED) is 0.230. The molecule has 1 aromatic rings. The van der Waals surface area contributed by atoms with Crippen LogP contribution in [0.15, 0.2) is 29.3 Å². The lowest BCUT2D eigenvalue weighted by atomic mass is 10.1. The van der Waals surface area contributed by atoms with Gasteiger partial charge in [0, 0.05) is 19.3 Å². The van der Waals surface area contributed by atoms with Crippen LogP contribution in [-0.2, 0) is 27.5 Å². The maximum atomic E-state index is 11.0. The molecule has 0 bridgehead atoms. The molecule has 0 aliphatic heterocycles. The highest BCUT2D eigenvalue weighted by atomic mass is 127. The van der Waals surface area contributed by atoms with Crippen LogP contribution >= 0.6 is 24.0 Å². The monoisotopic (exact) mass is 483 g/mol. The first-order valence-corrected chi connectivity index (χ1v) is 10.4. The van der Waals surface area contributed by atoms with Gasteiger partial charge in [-0.15, -0.1) is 24.0 Å². The molecule has 0 aromatic heterocycles. The number of nitrogens with zero attached hydrogens (tertiary/aromatic N) is 1. The molecule has 0 aliphatic carbocycles. The molecule has 144 valence electrons. The van der Waals surface area contributed by atoms with Gasteiger partial charge >= 0.3 is 0 Å². The van der Waals surface area contributed by atoms with Gasteiger partial charge in [0.15, 0.2) is 5.96 Å². The van der Waals surface area contributed by atoms with Crippen molar-refractivity contribution in [3.8, 4) is 0 Å². The van der Waals surface area contributed by atoms with Crippen LogP contribution in [0.2, 0.25) is 0 Å². The second kappa shape index (κ2) is 13.3. The largest absolute Gasteiger partial charge is 0.379 e. The summed E-state index contributed by atoms with van der Waals surface area (Å²) in [6.45, 7) is 6.78. The Bertz CT molecular complexity index is 621. The molecule has 0 amide bonds. The van der Waals surface area contributed by atoms with Crippen LogP contribution in [0.1, 0.15) is 25.0 Å². The van der Waals surface area contributed by atoms with E-state index in [-0.39, 0.29) is 36.3 Å². The molecular formula is C17H30IN3O3S. The molecule has 0 atom stereocenters. The number of sulfone groups is 1. The number of aliphatic imine (C=N–C) groups is 1. The van der Waals surface area contributed by atoms with Crippen molar-refractivity contribution in [2.75, 3.05) is 38.3 Å². The number of ether oxygens (including phenoxy) is 1. The van der Waals surface area contributed by atoms with Crippen molar-refractivity contribution in [1.29, 1.82) is 0 Å². The summed E-state index contributed by atoms with van der Waals surface area (Å²) in [5.74, 6) is 0.782. The zero-order chi connectivity index (χ0) is 17.8. The van der Waals surface area contributed by atoms with E-state index in [1.54, 1.807) is 0 Å². The van der Waals surface area contributed by atoms with Gasteiger partial charge in [-0.05, 0) is 24.5 Å². The summed E-state index contributed by atoms with van der Waals surface area (Å²) >= 11 is 0. The SMILES string of the molecule is CCNC(=NCc1ccccc1CC)NCCOCCS(C)(=O)=O.I. The van der Waals surface area contributed by atoms with Crippen LogP contribution < -0.4 is 10.6 Å². The summed E-state index contributed by atoms with van der Waals surface area (Å²) in [4.78, 5) is 4.59. The molecule has 25 heavy (non-hydrogen) atoms. The normalized spacial score (nSPS) is 11.7. The molecule has 1 rings (SSSR count). The zero-order valence-electron chi connectivity index (χ0n) is 15.2. The van der Waals surface area contributed by atoms with E-state index in [0.717, 1.165) is 18.9 Å². The summed E-state index contributed by atoms with van der Waals surface area (Å²) in [5.41, 5.74) is 2.53. The molecule has 0 unspecified atom stereocenters. The Morgan fingerprint density at radius 2 is 1.80 bits per heavy atom. The van der Waals surface area contributed by atoms with Gasteiger partial charge in [-0.2, -0.15) is 0 Å². The van der Waals surface area contributed by atoms with Crippen LogP contribution in [0, 0.1) is 0 Å². The Morgan fingerprint density at radius 3 is 2.40 bits per heavy atom. The molecule has 2 N–H and O–H groups in total. The molecule has 0 saturated carbocycles. The highest BCUT2D eigenvalue weighted by molar-refractivity contribution is 14.0. The van der Waals surface area contributed by atoms with E-state index < -0.39 is 9.84 Å². The van der Waals surface area contributed by atoms with E-state index >= 15 is 0 Å². The van der Waals surface area contributed by atoms with Crippen molar-refractivity contribution in [3.05, 3.63) is 35.4 Å². The lowest BCUT2D eigenvalue weighted by molar-refractivity contribution is 0.154. The van der Waals surface area contributed by atoms with Crippen LogP contribution in [-0.4, -0.2) is 52.7 Å². The van der Waals surface area contributed by atoms with Gasteiger partial charge in [0.05, 0.1) is 25.5 Å². The number of benzene rings is 1. The van der Waals surface area contributed by atoms with Gasteiger partial charge in [0.1, 0.15) is 9.84 Å². The highest BCUT2D eigenvalue weighted by Gasteiger charge is 2.03. The Kier molecular flexibility index (Phi) is 12.9. The molecule has 6 nitrogen and oxygen atoms in total. The first kappa shape index (κ1) is 24.1. The predicted molar refractivity (Wildman–Crippen MR) is 115 cm³/mol. The van der Waals surface area contributed by atoms with Crippen molar-refractivity contribution < 1.29 is 13.2 Å². The summed E-state index contributed by atoms with van der Waals surface area (Å²) < 4.78 is 27.3. The second-order valence-electron chi connectivity index (χ2n) is 5.49. The molecule has 0 spiro atoms. The number of aryl methyl sites for hydroxylation is 1. The Morgan fingerprint density at radius 1 is 1.12 bits per heavy atom. The standard InChI is InChI=1S/C17H29N3O3S.HI/c1-4-15-8-6-7-9-16(15)14-20-17(18-5-2)19-10-11-23-12-13-24(3,21)22;/h6-9H,4-5,10-14H2,1-3H3,(H2,18,19,20);1H. The van der Waals surface area contributed by atoms with Crippen molar-refractivity contribution in [2.45, 2.75) is 26.8 Å². The topological polar surface area (TPSA) is 79.8 Å². The van der Waals surface area contributed by atoms with Crippen molar-refractivity contribution in [1.82, 2.24) is 10.6 Å². The molecule has 1 aromatic carbocycles. The maximum absolute atomic E-state index is 11.0. The maximum Gasteiger partial charge on any atom is 0.191 e. The first-order valence-electron chi connectivity index (χ1n) is 8.30. The number of halogens is 1. The summed E-state index contributed by atoms with van der Waals surface area (Å²) in [6, 6.07) is 8.30. The minimum Gasteiger partial charge on any atom is -0.379 e. The summed E-state index contributed by atoms with van der Waals surface area (Å²) in [5, 5.41) is 6.38. The molecular weight excluding hydrogens is 453 g/mol. The van der Waals surface area contributed by atoms with Crippen LogP contribution in [0.25, 0.3) is 0 Å². The third kappa shape index (κ3) is 11.4. The van der Waals surface area contributed by atoms with Gasteiger partial charge in [-0.25, -0.2) is 13.4 Å². The van der Waals surface area contributed by atoms with Crippen LogP contribution in [0.4, 0.5) is 0 Å². The molecule has 0 heterocycles. The smallest absolute Gasteiger partial charge is 0.191 e. The van der Waals surface area contributed by atoms with Crippen LogP contribution in [0.5, 0.6) is 0 Å². The average molecular weight is 483 g/mol. The van der Waals surface area contributed by atoms with Gasteiger partial charge in [-0.1, -0.05) is 31.2 Å². The lowest BCUT2D eigenvalue weighted by Crippen LogP contribution is -2.39. The summed E-state index contributed by atoms with van der Waals surface area (Å²) in [6.07, 6.45) is 2.20. The van der Waals surface area contributed by atoms with Gasteiger partial charge in [-0.3, -0.25) is 0 Å². The number of guanidine groups is 1. The number of hydrogen-bond donors (Lipinski definition) is 2. The predicted octanol–water partition coefficient (Wildman–Crippen LogP) is 1.98. The second-order valence-corrected chi connectivity index (χ2v) is 7.75. The van der Waals surface area contributed by atoms with Gasteiger partial charge < -0.3 is 15.4 Å². The van der Waals surface area contributed by atoms with Crippen molar-refractivity contribution in [3.63, 3.8) is 0 Å². The van der Waals surface area contributed by atoms with Gasteiger partial charge in [0.2, 0.25) is 0 Å². The fourth-order valence-electron chi connectivity index (χ4n) is 2.12. The molecule has 0 radical (unpaired) electrons. The fourth-order valence-corrected chi connectivity index (χ4v) is 2.54. The minimum absolute atomic E-state index is 0. The Hall–Kier alpha value is -0.870. The first-order chi connectivity index (χ1) is 11.5. The number of hydrogen-bond acceptors (Lipinski definition) is 4.